The molecular formula is C43H38Cl2F2N6O2. The first-order chi connectivity index (χ1) is 26.6. The molecule has 55 heavy (non-hydrogen) atoms. The van der Waals surface area contributed by atoms with Gasteiger partial charge in [0.25, 0.3) is 0 Å². The molecule has 280 valence electrons. The van der Waals surface area contributed by atoms with Crippen LogP contribution in [-0.2, 0) is 22.6 Å². The molecule has 5 aromatic rings. The molecule has 2 aliphatic carbocycles. The minimum absolute atomic E-state index is 0.0388. The number of fused-ring (bicyclic) bond motifs is 4. The average Bonchev–Trinajstić information content (AvgIpc) is 3.43. The number of nitrogens with zero attached hydrogens (tertiary/aromatic N) is 5. The number of aromatic nitrogens is 2. The van der Waals surface area contributed by atoms with Crippen LogP contribution in [0.2, 0.25) is 10.0 Å². The summed E-state index contributed by atoms with van der Waals surface area (Å²) in [5.74, 6) is -0.585. The van der Waals surface area contributed by atoms with E-state index in [2.05, 4.69) is 28.1 Å². The van der Waals surface area contributed by atoms with Crippen molar-refractivity contribution in [1.82, 2.24) is 19.8 Å². The Balaban J connectivity index is 1.23. The zero-order valence-electron chi connectivity index (χ0n) is 30.4. The molecule has 5 aliphatic rings. The standard InChI is InChI=1S/C43H38Cl2F2N6O2/c1-21-30-16-34(35-17-36(22(2)52(35)43(54)23-8-9-23)55-20-25-10-11-28(46)13-26(25)18-49)53(41-27-15-33(41)50-19-27)42(30)31-14-24(5-4-12-48)37(39(47)40(31)51-21)29-6-3-7-32(44)38(29)45/h3,6-7,10-11,13-14,16,22-23,27,33,35-36,41,50H,4-5,8-9,15,17,19-20H2,1-2H3. The predicted molar refractivity (Wildman–Crippen MR) is 206 cm³/mol. The predicted octanol–water partition coefficient (Wildman–Crippen LogP) is 9.27. The maximum absolute atomic E-state index is 17.3. The van der Waals surface area contributed by atoms with Crippen LogP contribution in [0.3, 0.4) is 0 Å². The van der Waals surface area contributed by atoms with Crippen LogP contribution in [0.15, 0.2) is 48.5 Å². The molecule has 3 aromatic carbocycles. The minimum Gasteiger partial charge on any atom is -0.371 e. The highest BCUT2D eigenvalue weighted by Gasteiger charge is 2.52. The summed E-state index contributed by atoms with van der Waals surface area (Å²) < 4.78 is 40.1. The quantitative estimate of drug-likeness (QED) is 0.160. The van der Waals surface area contributed by atoms with Gasteiger partial charge in [-0.25, -0.2) is 13.8 Å². The molecular weight excluding hydrogens is 741 g/mol. The van der Waals surface area contributed by atoms with Gasteiger partial charge in [0.1, 0.15) is 11.3 Å². The molecule has 8 nitrogen and oxygen atoms in total. The summed E-state index contributed by atoms with van der Waals surface area (Å²) in [4.78, 5) is 21.1. The molecule has 0 radical (unpaired) electrons. The number of nitriles is 2. The van der Waals surface area contributed by atoms with E-state index in [1.54, 1.807) is 24.3 Å². The number of amides is 1. The van der Waals surface area contributed by atoms with Gasteiger partial charge in [0.15, 0.2) is 5.82 Å². The Morgan fingerprint density at radius 3 is 2.60 bits per heavy atom. The first-order valence-corrected chi connectivity index (χ1v) is 19.7. The van der Waals surface area contributed by atoms with Crippen LogP contribution in [-0.4, -0.2) is 45.1 Å². The van der Waals surface area contributed by atoms with E-state index in [0.717, 1.165) is 42.4 Å². The zero-order valence-corrected chi connectivity index (χ0v) is 31.9. The van der Waals surface area contributed by atoms with Crippen LogP contribution in [0.25, 0.3) is 32.9 Å². The lowest BCUT2D eigenvalue weighted by atomic mass is 9.79. The normalized spacial score (nSPS) is 24.3. The lowest BCUT2D eigenvalue weighted by molar-refractivity contribution is -0.136. The molecule has 1 amide bonds. The van der Waals surface area contributed by atoms with Gasteiger partial charge >= 0.3 is 0 Å². The van der Waals surface area contributed by atoms with Crippen LogP contribution in [0.5, 0.6) is 0 Å². The third-order valence-corrected chi connectivity index (χ3v) is 13.2. The molecule has 10 rings (SSSR count). The van der Waals surface area contributed by atoms with Crippen molar-refractivity contribution < 1.29 is 18.3 Å². The zero-order chi connectivity index (χ0) is 38.3. The maximum Gasteiger partial charge on any atom is 0.226 e. The van der Waals surface area contributed by atoms with E-state index in [1.807, 2.05) is 24.8 Å². The number of benzene rings is 3. The summed E-state index contributed by atoms with van der Waals surface area (Å²) in [6, 6.07) is 17.3. The van der Waals surface area contributed by atoms with Gasteiger partial charge in [-0.05, 0) is 86.9 Å². The number of rotatable bonds is 9. The van der Waals surface area contributed by atoms with E-state index in [4.69, 9.17) is 32.9 Å². The van der Waals surface area contributed by atoms with Gasteiger partial charge < -0.3 is 19.5 Å². The van der Waals surface area contributed by atoms with E-state index in [1.165, 1.54) is 12.1 Å². The molecule has 2 saturated carbocycles. The van der Waals surface area contributed by atoms with Crippen molar-refractivity contribution in [3.05, 3.63) is 98.3 Å². The fourth-order valence-electron chi connectivity index (χ4n) is 9.43. The second-order valence-corrected chi connectivity index (χ2v) is 16.3. The number of carbonyl (C=O) groups excluding carboxylic acids is 1. The molecule has 5 heterocycles. The van der Waals surface area contributed by atoms with Crippen molar-refractivity contribution >= 4 is 50.9 Å². The van der Waals surface area contributed by atoms with Crippen molar-refractivity contribution in [2.75, 3.05) is 6.54 Å². The Bertz CT molecular complexity index is 2490. The van der Waals surface area contributed by atoms with Crippen molar-refractivity contribution in [1.29, 1.82) is 10.5 Å². The van der Waals surface area contributed by atoms with E-state index in [-0.39, 0.29) is 76.8 Å². The van der Waals surface area contributed by atoms with E-state index in [9.17, 15) is 19.7 Å². The maximum atomic E-state index is 17.3. The van der Waals surface area contributed by atoms with Gasteiger partial charge in [-0.3, -0.25) is 4.79 Å². The molecule has 2 bridgehead atoms. The Labute approximate surface area is 327 Å². The largest absolute Gasteiger partial charge is 0.371 e. The molecule has 3 aliphatic heterocycles. The smallest absolute Gasteiger partial charge is 0.226 e. The van der Waals surface area contributed by atoms with Crippen LogP contribution < -0.4 is 5.32 Å². The molecule has 6 unspecified atom stereocenters. The van der Waals surface area contributed by atoms with Gasteiger partial charge in [-0.2, -0.15) is 10.5 Å². The number of nitrogens with one attached hydrogen (secondary N) is 1. The van der Waals surface area contributed by atoms with E-state index < -0.39 is 11.6 Å². The fourth-order valence-corrected chi connectivity index (χ4v) is 9.83. The third-order valence-electron chi connectivity index (χ3n) is 12.4. The third kappa shape index (κ3) is 5.88. The van der Waals surface area contributed by atoms with Crippen LogP contribution in [0, 0.1) is 53.1 Å². The highest BCUT2D eigenvalue weighted by Crippen LogP contribution is 2.52. The first-order valence-electron chi connectivity index (χ1n) is 18.9. The molecule has 5 fully saturated rings. The van der Waals surface area contributed by atoms with Gasteiger partial charge in [0.2, 0.25) is 5.91 Å². The average molecular weight is 780 g/mol. The second-order valence-electron chi connectivity index (χ2n) is 15.6. The van der Waals surface area contributed by atoms with Crippen molar-refractivity contribution in [2.45, 2.75) is 89.3 Å². The Kier molecular flexibility index (Phi) is 9.09. The minimum atomic E-state index is -0.519. The number of carbonyl (C=O) groups is 1. The number of hydrogen-bond acceptors (Lipinski definition) is 6. The molecule has 12 heteroatoms. The second kappa shape index (κ2) is 13.9. The fraction of sp³-hybridized carbons (Fsp3) is 0.395. The number of ether oxygens (including phenoxy) is 1. The first kappa shape index (κ1) is 36.1. The van der Waals surface area contributed by atoms with Crippen molar-refractivity contribution in [3.63, 3.8) is 0 Å². The lowest BCUT2D eigenvalue weighted by Gasteiger charge is -2.39. The Morgan fingerprint density at radius 1 is 1.07 bits per heavy atom. The number of hydrogen-bond donors (Lipinski definition) is 1. The highest BCUT2D eigenvalue weighted by atomic mass is 35.5. The topological polar surface area (TPSA) is 107 Å². The highest BCUT2D eigenvalue weighted by molar-refractivity contribution is 6.43. The monoisotopic (exact) mass is 778 g/mol. The SMILES string of the molecule is Cc1nc2c(F)c(-c3cccc(Cl)c3Cl)c(CCC#N)cc2c2c1cc(C1CC(OCc3ccc(F)cc3C#N)C(C)N1C(=O)C1CC1)n2C1C2CNC1C2. The summed E-state index contributed by atoms with van der Waals surface area (Å²) in [5.41, 5.74) is 4.88. The summed E-state index contributed by atoms with van der Waals surface area (Å²) in [5, 5.41) is 25.0. The number of likely N-dealkylation sites (tertiary alicyclic amines) is 1. The Morgan fingerprint density at radius 2 is 1.89 bits per heavy atom. The summed E-state index contributed by atoms with van der Waals surface area (Å²) in [6.45, 7) is 4.88. The molecule has 0 spiro atoms. The van der Waals surface area contributed by atoms with Gasteiger partial charge in [-0.1, -0.05) is 41.4 Å². The van der Waals surface area contributed by atoms with Crippen LogP contribution >= 0.6 is 23.2 Å². The summed E-state index contributed by atoms with van der Waals surface area (Å²) in [7, 11) is 0. The molecule has 3 saturated heterocycles. The summed E-state index contributed by atoms with van der Waals surface area (Å²) >= 11 is 13.1. The molecule has 2 aromatic heterocycles. The Hall–Kier alpha value is -4.58. The molecule has 1 N–H and O–H groups in total. The van der Waals surface area contributed by atoms with Gasteiger partial charge in [0.05, 0.1) is 64.1 Å². The van der Waals surface area contributed by atoms with Crippen LogP contribution in [0.1, 0.15) is 79.2 Å². The van der Waals surface area contributed by atoms with Crippen molar-refractivity contribution in [3.8, 4) is 23.3 Å². The van der Waals surface area contributed by atoms with Gasteiger partial charge in [0, 0.05) is 64.6 Å². The van der Waals surface area contributed by atoms with Crippen molar-refractivity contribution in [2.24, 2.45) is 11.8 Å². The number of aryl methyl sites for hydroxylation is 2. The molecule has 6 atom stereocenters. The van der Waals surface area contributed by atoms with Gasteiger partial charge in [-0.15, -0.1) is 0 Å². The summed E-state index contributed by atoms with van der Waals surface area (Å²) in [6.07, 6.45) is 3.35. The number of halogens is 4. The lowest BCUT2D eigenvalue weighted by Crippen LogP contribution is -2.43. The van der Waals surface area contributed by atoms with Crippen LogP contribution in [0.4, 0.5) is 8.78 Å². The van der Waals surface area contributed by atoms with E-state index >= 15 is 4.39 Å². The van der Waals surface area contributed by atoms with E-state index in [0.29, 0.717) is 51.6 Å². The number of pyridine rings is 1.